The molecular weight excluding hydrogens is 272 g/mol. The molecule has 1 N–H and O–H groups in total. The van der Waals surface area contributed by atoms with Crippen LogP contribution in [-0.4, -0.2) is 44.5 Å². The summed E-state index contributed by atoms with van der Waals surface area (Å²) in [4.78, 5) is 2.24. The summed E-state index contributed by atoms with van der Waals surface area (Å²) in [6.07, 6.45) is 0.751. The summed E-state index contributed by atoms with van der Waals surface area (Å²) in [5.41, 5.74) is 2.54. The number of nitrogens with one attached hydrogen (secondary N) is 1. The number of sulfone groups is 1. The van der Waals surface area contributed by atoms with Gasteiger partial charge in [-0.05, 0) is 30.6 Å². The molecule has 0 aliphatic carbocycles. The van der Waals surface area contributed by atoms with E-state index in [0.29, 0.717) is 18.1 Å². The van der Waals surface area contributed by atoms with Crippen molar-refractivity contribution in [2.24, 2.45) is 0 Å². The van der Waals surface area contributed by atoms with Crippen LogP contribution in [0.2, 0.25) is 0 Å². The van der Waals surface area contributed by atoms with Crippen molar-refractivity contribution in [1.82, 2.24) is 10.2 Å². The van der Waals surface area contributed by atoms with E-state index in [-0.39, 0.29) is 0 Å². The standard InChI is InChI=1S/C15H24N2O2S/c1-2-16-12-14-4-6-15(7-5-14)13-17-8-3-10-20(18,19)11-9-17/h4-7,16H,2-3,8-13H2,1H3. The minimum Gasteiger partial charge on any atom is -0.313 e. The molecule has 4 nitrogen and oxygen atoms in total. The van der Waals surface area contributed by atoms with Crippen molar-refractivity contribution in [1.29, 1.82) is 0 Å². The number of benzene rings is 1. The van der Waals surface area contributed by atoms with E-state index in [9.17, 15) is 8.42 Å². The van der Waals surface area contributed by atoms with Gasteiger partial charge in [0, 0.05) is 19.6 Å². The number of hydrogen-bond acceptors (Lipinski definition) is 4. The van der Waals surface area contributed by atoms with Gasteiger partial charge in [0.15, 0.2) is 9.84 Å². The fraction of sp³-hybridized carbons (Fsp3) is 0.600. The average molecular weight is 296 g/mol. The van der Waals surface area contributed by atoms with Gasteiger partial charge in [-0.2, -0.15) is 0 Å². The first-order chi connectivity index (χ1) is 9.59. The molecule has 1 saturated heterocycles. The predicted molar refractivity (Wildman–Crippen MR) is 82.4 cm³/mol. The number of rotatable bonds is 5. The van der Waals surface area contributed by atoms with Crippen molar-refractivity contribution in [2.75, 3.05) is 31.1 Å². The Hall–Kier alpha value is -0.910. The van der Waals surface area contributed by atoms with Gasteiger partial charge in [-0.1, -0.05) is 31.2 Å². The van der Waals surface area contributed by atoms with Crippen molar-refractivity contribution in [2.45, 2.75) is 26.4 Å². The molecule has 2 rings (SSSR count). The molecule has 5 heteroatoms. The minimum atomic E-state index is -2.81. The summed E-state index contributed by atoms with van der Waals surface area (Å²) in [6.45, 7) is 6.35. The monoisotopic (exact) mass is 296 g/mol. The van der Waals surface area contributed by atoms with Crippen molar-refractivity contribution in [3.8, 4) is 0 Å². The van der Waals surface area contributed by atoms with Gasteiger partial charge < -0.3 is 5.32 Å². The molecule has 0 aromatic heterocycles. The van der Waals surface area contributed by atoms with E-state index in [1.807, 2.05) is 0 Å². The molecule has 0 saturated carbocycles. The Kier molecular flexibility index (Phi) is 5.57. The molecule has 1 aliphatic heterocycles. The zero-order valence-corrected chi connectivity index (χ0v) is 13.0. The normalized spacial score (nSPS) is 19.6. The van der Waals surface area contributed by atoms with Crippen LogP contribution < -0.4 is 5.32 Å². The fourth-order valence-corrected chi connectivity index (χ4v) is 3.75. The quantitative estimate of drug-likeness (QED) is 0.893. The summed E-state index contributed by atoms with van der Waals surface area (Å²) in [5, 5.41) is 3.31. The maximum absolute atomic E-state index is 11.6. The van der Waals surface area contributed by atoms with Gasteiger partial charge in [0.1, 0.15) is 0 Å². The van der Waals surface area contributed by atoms with Crippen LogP contribution in [-0.2, 0) is 22.9 Å². The lowest BCUT2D eigenvalue weighted by Gasteiger charge is -2.19. The molecular formula is C15H24N2O2S. The lowest BCUT2D eigenvalue weighted by Crippen LogP contribution is -2.26. The van der Waals surface area contributed by atoms with Gasteiger partial charge >= 0.3 is 0 Å². The molecule has 0 radical (unpaired) electrons. The van der Waals surface area contributed by atoms with Crippen LogP contribution in [0.25, 0.3) is 0 Å². The molecule has 0 bridgehead atoms. The van der Waals surface area contributed by atoms with Crippen LogP contribution in [0.15, 0.2) is 24.3 Å². The Balaban J connectivity index is 1.89. The third-order valence-electron chi connectivity index (χ3n) is 3.66. The molecule has 112 valence electrons. The fourth-order valence-electron chi connectivity index (χ4n) is 2.44. The third kappa shape index (κ3) is 4.89. The summed E-state index contributed by atoms with van der Waals surface area (Å²) >= 11 is 0. The van der Waals surface area contributed by atoms with Gasteiger partial charge in [-0.3, -0.25) is 4.90 Å². The summed E-state index contributed by atoms with van der Waals surface area (Å²) in [7, 11) is -2.81. The first-order valence-corrected chi connectivity index (χ1v) is 9.12. The second kappa shape index (κ2) is 7.20. The molecule has 0 spiro atoms. The van der Waals surface area contributed by atoms with Crippen LogP contribution in [0, 0.1) is 0 Å². The van der Waals surface area contributed by atoms with Crippen LogP contribution in [0.1, 0.15) is 24.5 Å². The second-order valence-corrected chi connectivity index (χ2v) is 7.68. The van der Waals surface area contributed by atoms with E-state index in [2.05, 4.69) is 41.4 Å². The van der Waals surface area contributed by atoms with Gasteiger partial charge in [0.2, 0.25) is 0 Å². The zero-order valence-electron chi connectivity index (χ0n) is 12.1. The topological polar surface area (TPSA) is 49.4 Å². The smallest absolute Gasteiger partial charge is 0.151 e. The Bertz CT molecular complexity index is 511. The van der Waals surface area contributed by atoms with E-state index in [1.54, 1.807) is 0 Å². The molecule has 1 fully saturated rings. The largest absolute Gasteiger partial charge is 0.313 e. The Morgan fingerprint density at radius 1 is 1.10 bits per heavy atom. The first-order valence-electron chi connectivity index (χ1n) is 7.30. The number of nitrogens with zero attached hydrogens (tertiary/aromatic N) is 1. The van der Waals surface area contributed by atoms with Crippen molar-refractivity contribution in [3.63, 3.8) is 0 Å². The summed E-state index contributed by atoms with van der Waals surface area (Å²) in [6, 6.07) is 8.58. The van der Waals surface area contributed by atoms with Gasteiger partial charge in [-0.15, -0.1) is 0 Å². The van der Waals surface area contributed by atoms with Gasteiger partial charge in [0.25, 0.3) is 0 Å². The van der Waals surface area contributed by atoms with Gasteiger partial charge in [-0.25, -0.2) is 8.42 Å². The average Bonchev–Trinajstić information content (AvgIpc) is 2.59. The molecule has 1 aliphatic rings. The van der Waals surface area contributed by atoms with Crippen LogP contribution in [0.3, 0.4) is 0 Å². The molecule has 1 aromatic rings. The Morgan fingerprint density at radius 2 is 1.80 bits per heavy atom. The molecule has 0 atom stereocenters. The predicted octanol–water partition coefficient (Wildman–Crippen LogP) is 1.42. The highest BCUT2D eigenvalue weighted by Crippen LogP contribution is 2.11. The third-order valence-corrected chi connectivity index (χ3v) is 5.37. The van der Waals surface area contributed by atoms with Crippen molar-refractivity contribution >= 4 is 9.84 Å². The van der Waals surface area contributed by atoms with Gasteiger partial charge in [0.05, 0.1) is 11.5 Å². The van der Waals surface area contributed by atoms with E-state index >= 15 is 0 Å². The lowest BCUT2D eigenvalue weighted by molar-refractivity contribution is 0.287. The summed E-state index contributed by atoms with van der Waals surface area (Å²) in [5.74, 6) is 0.636. The summed E-state index contributed by atoms with van der Waals surface area (Å²) < 4.78 is 23.2. The maximum Gasteiger partial charge on any atom is 0.151 e. The molecule has 20 heavy (non-hydrogen) atoms. The van der Waals surface area contributed by atoms with Crippen LogP contribution in [0.5, 0.6) is 0 Å². The first kappa shape index (κ1) is 15.5. The Morgan fingerprint density at radius 3 is 2.50 bits per heavy atom. The lowest BCUT2D eigenvalue weighted by atomic mass is 10.1. The highest BCUT2D eigenvalue weighted by Gasteiger charge is 2.18. The maximum atomic E-state index is 11.6. The van der Waals surface area contributed by atoms with E-state index in [1.165, 1.54) is 11.1 Å². The molecule has 0 amide bonds. The van der Waals surface area contributed by atoms with Crippen molar-refractivity contribution in [3.05, 3.63) is 35.4 Å². The SMILES string of the molecule is CCNCc1ccc(CN2CCCS(=O)(=O)CC2)cc1. The van der Waals surface area contributed by atoms with Crippen LogP contribution in [0.4, 0.5) is 0 Å². The second-order valence-electron chi connectivity index (χ2n) is 5.38. The molecule has 1 aromatic carbocycles. The van der Waals surface area contributed by atoms with E-state index < -0.39 is 9.84 Å². The molecule has 1 heterocycles. The Labute approximate surface area is 122 Å². The van der Waals surface area contributed by atoms with Crippen LogP contribution >= 0.6 is 0 Å². The van der Waals surface area contributed by atoms with Crippen molar-refractivity contribution < 1.29 is 8.42 Å². The van der Waals surface area contributed by atoms with E-state index in [4.69, 9.17) is 0 Å². The highest BCUT2D eigenvalue weighted by molar-refractivity contribution is 7.91. The zero-order chi connectivity index (χ0) is 14.4. The highest BCUT2D eigenvalue weighted by atomic mass is 32.2. The number of hydrogen-bond donors (Lipinski definition) is 1. The van der Waals surface area contributed by atoms with E-state index in [0.717, 1.165) is 32.6 Å². The molecule has 0 unspecified atom stereocenters. The minimum absolute atomic E-state index is 0.297.